The van der Waals surface area contributed by atoms with Gasteiger partial charge in [-0.25, -0.2) is 0 Å². The number of hydrogen-bond acceptors (Lipinski definition) is 6. The Balaban J connectivity index is 1.42. The maximum absolute atomic E-state index is 5.92. The van der Waals surface area contributed by atoms with Crippen molar-refractivity contribution in [3.05, 3.63) is 52.7 Å². The van der Waals surface area contributed by atoms with E-state index >= 15 is 0 Å². The van der Waals surface area contributed by atoms with Gasteiger partial charge in [0.1, 0.15) is 0 Å². The van der Waals surface area contributed by atoms with Gasteiger partial charge < -0.3 is 9.32 Å². The number of benzene rings is 1. The van der Waals surface area contributed by atoms with Gasteiger partial charge in [-0.2, -0.15) is 0 Å². The Morgan fingerprint density at radius 3 is 2.58 bits per heavy atom. The lowest BCUT2D eigenvalue weighted by Crippen LogP contribution is -2.47. The van der Waals surface area contributed by atoms with Crippen LogP contribution >= 0.6 is 11.3 Å². The maximum Gasteiger partial charge on any atom is 0.257 e. The van der Waals surface area contributed by atoms with Crippen molar-refractivity contribution in [2.45, 2.75) is 26.8 Å². The van der Waals surface area contributed by atoms with Crippen molar-refractivity contribution in [3.8, 4) is 10.8 Å². The average molecular weight is 369 g/mol. The molecule has 6 heteroatoms. The highest BCUT2D eigenvalue weighted by atomic mass is 32.1. The van der Waals surface area contributed by atoms with Crippen molar-refractivity contribution in [1.82, 2.24) is 15.1 Å². The predicted molar refractivity (Wildman–Crippen MR) is 106 cm³/mol. The minimum atomic E-state index is 0.136. The maximum atomic E-state index is 5.92. The van der Waals surface area contributed by atoms with Crippen LogP contribution in [0.15, 0.2) is 40.1 Å². The summed E-state index contributed by atoms with van der Waals surface area (Å²) in [5, 5.41) is 10.5. The molecule has 136 valence electrons. The fraction of sp³-hybridized carbons (Fsp3) is 0.400. The van der Waals surface area contributed by atoms with Crippen LogP contribution in [0.1, 0.15) is 30.0 Å². The molecule has 0 bridgehead atoms. The van der Waals surface area contributed by atoms with Crippen molar-refractivity contribution >= 4 is 17.0 Å². The second kappa shape index (κ2) is 7.21. The van der Waals surface area contributed by atoms with Gasteiger partial charge in [-0.15, -0.1) is 21.5 Å². The summed E-state index contributed by atoms with van der Waals surface area (Å²) in [5.41, 5.74) is 4.09. The SMILES string of the molecule is Cc1cccc(N2CCN([C@H](C)c3nnc(-c4cccs4)o3)CC2)c1C. The van der Waals surface area contributed by atoms with E-state index in [0.29, 0.717) is 11.8 Å². The molecule has 1 aliphatic heterocycles. The van der Waals surface area contributed by atoms with Crippen molar-refractivity contribution in [2.24, 2.45) is 0 Å². The molecule has 1 fully saturated rings. The fourth-order valence-corrected chi connectivity index (χ4v) is 4.13. The summed E-state index contributed by atoms with van der Waals surface area (Å²) in [4.78, 5) is 5.93. The lowest BCUT2D eigenvalue weighted by Gasteiger charge is -2.38. The minimum Gasteiger partial charge on any atom is -0.418 e. The molecule has 3 aromatic rings. The lowest BCUT2D eigenvalue weighted by atomic mass is 10.1. The molecular weight excluding hydrogens is 344 g/mol. The number of rotatable bonds is 4. The zero-order valence-electron chi connectivity index (χ0n) is 15.5. The summed E-state index contributed by atoms with van der Waals surface area (Å²) < 4.78 is 5.92. The van der Waals surface area contributed by atoms with E-state index in [1.54, 1.807) is 11.3 Å². The Bertz CT molecular complexity index is 866. The highest BCUT2D eigenvalue weighted by Crippen LogP contribution is 2.29. The molecule has 3 heterocycles. The Morgan fingerprint density at radius 1 is 1.04 bits per heavy atom. The van der Waals surface area contributed by atoms with E-state index in [2.05, 4.69) is 59.0 Å². The lowest BCUT2D eigenvalue weighted by molar-refractivity contribution is 0.173. The number of anilines is 1. The van der Waals surface area contributed by atoms with Crippen molar-refractivity contribution in [3.63, 3.8) is 0 Å². The summed E-state index contributed by atoms with van der Waals surface area (Å²) in [6, 6.07) is 10.7. The number of thiophene rings is 1. The zero-order valence-corrected chi connectivity index (χ0v) is 16.3. The second-order valence-electron chi connectivity index (χ2n) is 6.84. The van der Waals surface area contributed by atoms with E-state index in [-0.39, 0.29) is 6.04 Å². The molecule has 2 aromatic heterocycles. The molecule has 0 spiro atoms. The van der Waals surface area contributed by atoms with Crippen LogP contribution in [-0.4, -0.2) is 41.3 Å². The zero-order chi connectivity index (χ0) is 18.1. The third-order valence-corrected chi connectivity index (χ3v) is 6.17. The highest BCUT2D eigenvalue weighted by molar-refractivity contribution is 7.13. The van der Waals surface area contributed by atoms with Gasteiger partial charge in [0.25, 0.3) is 5.89 Å². The normalized spacial score (nSPS) is 16.8. The van der Waals surface area contributed by atoms with Crippen LogP contribution < -0.4 is 4.90 Å². The van der Waals surface area contributed by atoms with Gasteiger partial charge in [0, 0.05) is 31.9 Å². The van der Waals surface area contributed by atoms with Gasteiger partial charge in [-0.1, -0.05) is 18.2 Å². The molecular formula is C20H24N4OS. The minimum absolute atomic E-state index is 0.136. The smallest absolute Gasteiger partial charge is 0.257 e. The van der Waals surface area contributed by atoms with Gasteiger partial charge in [0.15, 0.2) is 0 Å². The van der Waals surface area contributed by atoms with Gasteiger partial charge in [0.2, 0.25) is 5.89 Å². The molecule has 0 radical (unpaired) electrons. The van der Waals surface area contributed by atoms with E-state index in [9.17, 15) is 0 Å². The van der Waals surface area contributed by atoms with Crippen LogP contribution in [0.4, 0.5) is 5.69 Å². The van der Waals surface area contributed by atoms with Crippen molar-refractivity contribution < 1.29 is 4.42 Å². The number of piperazine rings is 1. The average Bonchev–Trinajstić information content (AvgIpc) is 3.35. The van der Waals surface area contributed by atoms with Crippen molar-refractivity contribution in [1.29, 1.82) is 0 Å². The molecule has 1 aliphatic rings. The molecule has 0 N–H and O–H groups in total. The topological polar surface area (TPSA) is 45.4 Å². The number of nitrogens with zero attached hydrogens (tertiary/aromatic N) is 4. The molecule has 0 amide bonds. The molecule has 1 aromatic carbocycles. The van der Waals surface area contributed by atoms with Crippen LogP contribution in [0, 0.1) is 13.8 Å². The van der Waals surface area contributed by atoms with Crippen molar-refractivity contribution in [2.75, 3.05) is 31.1 Å². The van der Waals surface area contributed by atoms with E-state index in [1.165, 1.54) is 16.8 Å². The van der Waals surface area contributed by atoms with Gasteiger partial charge in [-0.3, -0.25) is 4.90 Å². The van der Waals surface area contributed by atoms with Crippen LogP contribution in [0.25, 0.3) is 10.8 Å². The third kappa shape index (κ3) is 3.27. The summed E-state index contributed by atoms with van der Waals surface area (Å²) >= 11 is 1.62. The molecule has 26 heavy (non-hydrogen) atoms. The number of aryl methyl sites for hydroxylation is 1. The van der Waals surface area contributed by atoms with Crippen LogP contribution in [0.5, 0.6) is 0 Å². The van der Waals surface area contributed by atoms with E-state index in [4.69, 9.17) is 4.42 Å². The first-order valence-electron chi connectivity index (χ1n) is 9.06. The molecule has 0 saturated carbocycles. The number of hydrogen-bond donors (Lipinski definition) is 0. The predicted octanol–water partition coefficient (Wildman–Crippen LogP) is 4.30. The summed E-state index contributed by atoms with van der Waals surface area (Å²) in [6.45, 7) is 10.6. The van der Waals surface area contributed by atoms with E-state index in [0.717, 1.165) is 31.1 Å². The van der Waals surface area contributed by atoms with Gasteiger partial charge in [-0.05, 0) is 49.4 Å². The first kappa shape index (κ1) is 17.2. The Morgan fingerprint density at radius 2 is 1.85 bits per heavy atom. The van der Waals surface area contributed by atoms with Gasteiger partial charge in [0.05, 0.1) is 10.9 Å². The summed E-state index contributed by atoms with van der Waals surface area (Å²) in [6.07, 6.45) is 0. The van der Waals surface area contributed by atoms with Gasteiger partial charge >= 0.3 is 0 Å². The van der Waals surface area contributed by atoms with E-state index < -0.39 is 0 Å². The van der Waals surface area contributed by atoms with Crippen LogP contribution in [-0.2, 0) is 0 Å². The second-order valence-corrected chi connectivity index (χ2v) is 7.79. The molecule has 1 saturated heterocycles. The Kier molecular flexibility index (Phi) is 4.78. The van der Waals surface area contributed by atoms with Crippen LogP contribution in [0.3, 0.4) is 0 Å². The first-order chi connectivity index (χ1) is 12.6. The highest BCUT2D eigenvalue weighted by Gasteiger charge is 2.26. The largest absolute Gasteiger partial charge is 0.418 e. The van der Waals surface area contributed by atoms with Crippen LogP contribution in [0.2, 0.25) is 0 Å². The summed E-state index contributed by atoms with van der Waals surface area (Å²) in [7, 11) is 0. The fourth-order valence-electron chi connectivity index (χ4n) is 3.49. The summed E-state index contributed by atoms with van der Waals surface area (Å²) in [5.74, 6) is 1.32. The molecule has 4 rings (SSSR count). The molecule has 5 nitrogen and oxygen atoms in total. The standard InChI is InChI=1S/C20H24N4OS/c1-14-6-4-7-17(15(14)2)24-11-9-23(10-12-24)16(3)19-21-22-20(25-19)18-8-5-13-26-18/h4-8,13,16H,9-12H2,1-3H3/t16-/m1/s1. The Hall–Kier alpha value is -2.18. The Labute approximate surface area is 158 Å². The molecule has 1 atom stereocenters. The van der Waals surface area contributed by atoms with E-state index in [1.807, 2.05) is 17.5 Å². The number of aromatic nitrogens is 2. The molecule has 0 unspecified atom stereocenters. The monoisotopic (exact) mass is 368 g/mol. The third-order valence-electron chi connectivity index (χ3n) is 5.31. The molecule has 0 aliphatic carbocycles. The quantitative estimate of drug-likeness (QED) is 0.687. The first-order valence-corrected chi connectivity index (χ1v) is 9.94.